The Morgan fingerprint density at radius 3 is 3.21 bits per heavy atom. The molecule has 1 rings (SSSR count). The topological polar surface area (TPSA) is 29.9 Å². The van der Waals surface area contributed by atoms with Crippen LogP contribution in [-0.4, -0.2) is 27.8 Å². The second-order valence-corrected chi connectivity index (χ2v) is 3.98. The Morgan fingerprint density at radius 2 is 2.57 bits per heavy atom. The molecule has 0 fully saturated rings. The lowest BCUT2D eigenvalue weighted by Gasteiger charge is -2.03. The van der Waals surface area contributed by atoms with Crippen LogP contribution in [0.4, 0.5) is 0 Å². The first-order chi connectivity index (χ1) is 6.84. The smallest absolute Gasteiger partial charge is 0.0545 e. The van der Waals surface area contributed by atoms with Gasteiger partial charge in [-0.2, -0.15) is 5.10 Å². The second kappa shape index (κ2) is 6.52. The van der Waals surface area contributed by atoms with E-state index in [1.807, 2.05) is 24.0 Å². The van der Waals surface area contributed by atoms with Gasteiger partial charge in [0.2, 0.25) is 0 Å². The lowest BCUT2D eigenvalue weighted by molar-refractivity contribution is 0.645. The molecule has 4 heteroatoms. The minimum absolute atomic E-state index is 0.799. The fraction of sp³-hybridized carbons (Fsp3) is 0.500. The first-order valence-corrected chi connectivity index (χ1v) is 5.69. The van der Waals surface area contributed by atoms with Crippen molar-refractivity contribution in [3.63, 3.8) is 0 Å². The molecule has 0 aliphatic carbocycles. The van der Waals surface area contributed by atoms with Crippen LogP contribution in [0, 0.1) is 12.3 Å². The third-order valence-electron chi connectivity index (χ3n) is 1.84. The third-order valence-corrected chi connectivity index (χ3v) is 2.70. The van der Waals surface area contributed by atoms with E-state index in [1.54, 1.807) is 11.8 Å². The molecule has 3 nitrogen and oxygen atoms in total. The van der Waals surface area contributed by atoms with Crippen LogP contribution in [0.25, 0.3) is 0 Å². The van der Waals surface area contributed by atoms with Gasteiger partial charge < -0.3 is 5.32 Å². The van der Waals surface area contributed by atoms with Crippen molar-refractivity contribution in [3.8, 4) is 12.3 Å². The summed E-state index contributed by atoms with van der Waals surface area (Å²) in [4.78, 5) is 0. The highest BCUT2D eigenvalue weighted by molar-refractivity contribution is 7.99. The largest absolute Gasteiger partial charge is 0.310 e. The number of nitrogens with one attached hydrogen (secondary N) is 1. The maximum Gasteiger partial charge on any atom is 0.0545 e. The van der Waals surface area contributed by atoms with Crippen LogP contribution in [0.3, 0.4) is 0 Å². The van der Waals surface area contributed by atoms with E-state index in [9.17, 15) is 0 Å². The van der Waals surface area contributed by atoms with Crippen LogP contribution < -0.4 is 5.32 Å². The molecule has 14 heavy (non-hydrogen) atoms. The van der Waals surface area contributed by atoms with Crippen molar-refractivity contribution < 1.29 is 0 Å². The molecule has 1 heterocycles. The number of thioether (sulfide) groups is 1. The van der Waals surface area contributed by atoms with Gasteiger partial charge in [0, 0.05) is 32.1 Å². The second-order valence-electron chi connectivity index (χ2n) is 2.88. The standard InChI is InChI=1S/C10H15N3S/c1-3-7-14-8-6-11-9-10-4-5-12-13(10)2/h1,4-5,11H,6-9H2,2H3. The van der Waals surface area contributed by atoms with E-state index in [0.29, 0.717) is 0 Å². The summed E-state index contributed by atoms with van der Waals surface area (Å²) in [5.41, 5.74) is 1.20. The molecule has 0 saturated carbocycles. The molecule has 1 aromatic heterocycles. The highest BCUT2D eigenvalue weighted by Crippen LogP contribution is 1.97. The zero-order valence-corrected chi connectivity index (χ0v) is 9.18. The Bertz CT molecular complexity index is 301. The number of aromatic nitrogens is 2. The van der Waals surface area contributed by atoms with Crippen molar-refractivity contribution in [1.29, 1.82) is 0 Å². The number of hydrogen-bond acceptors (Lipinski definition) is 3. The van der Waals surface area contributed by atoms with Crippen molar-refractivity contribution in [2.24, 2.45) is 7.05 Å². The summed E-state index contributed by atoms with van der Waals surface area (Å²) in [5.74, 6) is 4.46. The van der Waals surface area contributed by atoms with Gasteiger partial charge in [0.1, 0.15) is 0 Å². The number of aryl methyl sites for hydroxylation is 1. The van der Waals surface area contributed by atoms with E-state index in [2.05, 4.69) is 16.3 Å². The molecule has 0 unspecified atom stereocenters. The molecule has 0 atom stereocenters. The zero-order valence-electron chi connectivity index (χ0n) is 8.36. The average Bonchev–Trinajstić information content (AvgIpc) is 2.58. The predicted octanol–water partition coefficient (Wildman–Crippen LogP) is 0.876. The number of nitrogens with zero attached hydrogens (tertiary/aromatic N) is 2. The summed E-state index contributed by atoms with van der Waals surface area (Å²) >= 11 is 1.77. The SMILES string of the molecule is C#CCSCCNCc1ccnn1C. The van der Waals surface area contributed by atoms with Crippen LogP contribution in [0.2, 0.25) is 0 Å². The summed E-state index contributed by atoms with van der Waals surface area (Å²) in [5, 5.41) is 7.43. The fourth-order valence-electron chi connectivity index (χ4n) is 1.07. The fourth-order valence-corrected chi connectivity index (χ4v) is 1.62. The summed E-state index contributed by atoms with van der Waals surface area (Å²) in [6, 6.07) is 2.02. The molecule has 0 bridgehead atoms. The van der Waals surface area contributed by atoms with Crippen molar-refractivity contribution >= 4 is 11.8 Å². The zero-order chi connectivity index (χ0) is 10.2. The molecule has 0 amide bonds. The summed E-state index contributed by atoms with van der Waals surface area (Å²) in [7, 11) is 1.95. The number of rotatable bonds is 6. The molecule has 0 saturated heterocycles. The van der Waals surface area contributed by atoms with Gasteiger partial charge in [-0.25, -0.2) is 0 Å². The Morgan fingerprint density at radius 1 is 1.71 bits per heavy atom. The van der Waals surface area contributed by atoms with Gasteiger partial charge in [-0.05, 0) is 6.07 Å². The van der Waals surface area contributed by atoms with Crippen molar-refractivity contribution in [2.45, 2.75) is 6.54 Å². The van der Waals surface area contributed by atoms with Gasteiger partial charge in [0.15, 0.2) is 0 Å². The minimum Gasteiger partial charge on any atom is -0.310 e. The molecule has 0 aliphatic rings. The summed E-state index contributed by atoms with van der Waals surface area (Å²) in [6.07, 6.45) is 6.95. The van der Waals surface area contributed by atoms with Crippen LogP contribution >= 0.6 is 11.8 Å². The minimum atomic E-state index is 0.799. The van der Waals surface area contributed by atoms with Crippen molar-refractivity contribution in [2.75, 3.05) is 18.1 Å². The van der Waals surface area contributed by atoms with Gasteiger partial charge in [-0.15, -0.1) is 18.2 Å². The van der Waals surface area contributed by atoms with E-state index in [4.69, 9.17) is 6.42 Å². The summed E-state index contributed by atoms with van der Waals surface area (Å²) in [6.45, 7) is 1.85. The third kappa shape index (κ3) is 3.86. The monoisotopic (exact) mass is 209 g/mol. The first-order valence-electron chi connectivity index (χ1n) is 4.53. The molecule has 1 aromatic rings. The van der Waals surface area contributed by atoms with Crippen LogP contribution in [0.5, 0.6) is 0 Å². The molecule has 0 radical (unpaired) electrons. The molecular weight excluding hydrogens is 194 g/mol. The van der Waals surface area contributed by atoms with Gasteiger partial charge >= 0.3 is 0 Å². The van der Waals surface area contributed by atoms with Crippen LogP contribution in [-0.2, 0) is 13.6 Å². The molecule has 1 N–H and O–H groups in total. The van der Waals surface area contributed by atoms with E-state index < -0.39 is 0 Å². The van der Waals surface area contributed by atoms with E-state index in [-0.39, 0.29) is 0 Å². The molecular formula is C10H15N3S. The number of terminal acetylenes is 1. The lowest BCUT2D eigenvalue weighted by atomic mass is 10.4. The van der Waals surface area contributed by atoms with Gasteiger partial charge in [0.25, 0.3) is 0 Å². The van der Waals surface area contributed by atoms with Crippen LogP contribution in [0.1, 0.15) is 5.69 Å². The first kappa shape index (κ1) is 11.2. The Hall–Kier alpha value is -0.920. The summed E-state index contributed by atoms with van der Waals surface area (Å²) < 4.78 is 1.88. The molecule has 0 aromatic carbocycles. The average molecular weight is 209 g/mol. The van der Waals surface area contributed by atoms with E-state index >= 15 is 0 Å². The van der Waals surface area contributed by atoms with E-state index in [0.717, 1.165) is 24.6 Å². The maximum absolute atomic E-state index is 5.14. The Labute approximate surface area is 89.3 Å². The van der Waals surface area contributed by atoms with Gasteiger partial charge in [-0.3, -0.25) is 4.68 Å². The molecule has 0 aliphatic heterocycles. The van der Waals surface area contributed by atoms with Crippen molar-refractivity contribution in [1.82, 2.24) is 15.1 Å². The quantitative estimate of drug-likeness (QED) is 0.557. The highest BCUT2D eigenvalue weighted by Gasteiger charge is 1.96. The van der Waals surface area contributed by atoms with E-state index in [1.165, 1.54) is 5.69 Å². The number of hydrogen-bond donors (Lipinski definition) is 1. The Kier molecular flexibility index (Phi) is 5.20. The lowest BCUT2D eigenvalue weighted by Crippen LogP contribution is -2.18. The van der Waals surface area contributed by atoms with Gasteiger partial charge in [-0.1, -0.05) is 5.92 Å². The Balaban J connectivity index is 2.05. The normalized spacial score (nSPS) is 10.0. The van der Waals surface area contributed by atoms with Gasteiger partial charge in [0.05, 0.1) is 11.4 Å². The molecule has 76 valence electrons. The van der Waals surface area contributed by atoms with Crippen LogP contribution in [0.15, 0.2) is 12.3 Å². The maximum atomic E-state index is 5.14. The molecule has 0 spiro atoms. The highest BCUT2D eigenvalue weighted by atomic mass is 32.2. The predicted molar refractivity (Wildman–Crippen MR) is 61.1 cm³/mol. The van der Waals surface area contributed by atoms with Crippen molar-refractivity contribution in [3.05, 3.63) is 18.0 Å².